The Kier molecular flexibility index (Phi) is 6.25. The van der Waals surface area contributed by atoms with E-state index in [1.165, 1.54) is 6.26 Å². The van der Waals surface area contributed by atoms with Crippen molar-refractivity contribution < 1.29 is 13.5 Å². The summed E-state index contributed by atoms with van der Waals surface area (Å²) in [5, 5.41) is 12.2. The summed E-state index contributed by atoms with van der Waals surface area (Å²) in [6.45, 7) is 3.92. The molecule has 0 radical (unpaired) electrons. The van der Waals surface area contributed by atoms with Gasteiger partial charge in [-0.1, -0.05) is 24.3 Å². The van der Waals surface area contributed by atoms with Gasteiger partial charge in [0.25, 0.3) is 0 Å². The molecule has 0 atom stereocenters. The SMILES string of the molecule is COCCNCc1cc(C)c2occ(-c3cccc(C4(c5nncn5C)CC(F)C4)c3)c(=O)c2c1. The van der Waals surface area contributed by atoms with Gasteiger partial charge < -0.3 is 19.0 Å². The Morgan fingerprint density at radius 2 is 2.11 bits per heavy atom. The molecule has 182 valence electrons. The summed E-state index contributed by atoms with van der Waals surface area (Å²) in [5.41, 5.74) is 4.00. The fourth-order valence-electron chi connectivity index (χ4n) is 5.14. The number of methoxy groups -OCH3 is 1. The van der Waals surface area contributed by atoms with Crippen LogP contribution in [-0.4, -0.2) is 41.2 Å². The standard InChI is InChI=1S/C27H29FN4O3/c1-17-9-18(14-29-7-8-34-3)10-22-24(33)23(15-35-25(17)22)19-5-4-6-20(11-19)27(12-21(28)13-27)26-31-30-16-32(26)2/h4-6,9-11,15-16,21,29H,7-8,12-14H2,1-3H3. The predicted octanol–water partition coefficient (Wildman–Crippen LogP) is 4.05. The van der Waals surface area contributed by atoms with E-state index in [1.807, 2.05) is 54.9 Å². The molecule has 1 aliphatic rings. The van der Waals surface area contributed by atoms with Crippen molar-refractivity contribution in [3.63, 3.8) is 0 Å². The number of fused-ring (bicyclic) bond motifs is 1. The summed E-state index contributed by atoms with van der Waals surface area (Å²) in [6, 6.07) is 11.6. The first-order chi connectivity index (χ1) is 16.9. The predicted molar refractivity (Wildman–Crippen MR) is 132 cm³/mol. The average molecular weight is 477 g/mol. The topological polar surface area (TPSA) is 82.2 Å². The van der Waals surface area contributed by atoms with E-state index in [0.717, 1.165) is 34.6 Å². The lowest BCUT2D eigenvalue weighted by Gasteiger charge is -2.43. The molecule has 7 nitrogen and oxygen atoms in total. The van der Waals surface area contributed by atoms with Gasteiger partial charge in [-0.3, -0.25) is 4.79 Å². The van der Waals surface area contributed by atoms with E-state index in [1.54, 1.807) is 13.4 Å². The van der Waals surface area contributed by atoms with Crippen LogP contribution in [0.2, 0.25) is 0 Å². The van der Waals surface area contributed by atoms with Crippen molar-refractivity contribution in [1.29, 1.82) is 0 Å². The molecule has 35 heavy (non-hydrogen) atoms. The Morgan fingerprint density at radius 1 is 1.29 bits per heavy atom. The number of ether oxygens (including phenoxy) is 1. The van der Waals surface area contributed by atoms with Crippen LogP contribution in [0.25, 0.3) is 22.1 Å². The van der Waals surface area contributed by atoms with Crippen LogP contribution in [0.3, 0.4) is 0 Å². The zero-order chi connectivity index (χ0) is 24.6. The normalized spacial score (nSPS) is 19.7. The van der Waals surface area contributed by atoms with E-state index in [-0.39, 0.29) is 5.43 Å². The van der Waals surface area contributed by atoms with Crippen LogP contribution in [0.15, 0.2) is 58.2 Å². The van der Waals surface area contributed by atoms with Gasteiger partial charge in [-0.05, 0) is 54.2 Å². The quantitative estimate of drug-likeness (QED) is 0.387. The van der Waals surface area contributed by atoms with E-state index >= 15 is 0 Å². The number of rotatable bonds is 8. The number of nitrogens with one attached hydrogen (secondary N) is 1. The number of hydrogen-bond donors (Lipinski definition) is 1. The molecule has 5 rings (SSSR count). The summed E-state index contributed by atoms with van der Waals surface area (Å²) in [5.74, 6) is 0.732. The fourth-order valence-corrected chi connectivity index (χ4v) is 5.14. The van der Waals surface area contributed by atoms with Gasteiger partial charge in [0.2, 0.25) is 5.43 Å². The van der Waals surface area contributed by atoms with Crippen LogP contribution in [0, 0.1) is 6.92 Å². The lowest BCUT2D eigenvalue weighted by molar-refractivity contribution is 0.114. The Balaban J connectivity index is 1.55. The first kappa shape index (κ1) is 23.4. The van der Waals surface area contributed by atoms with Crippen molar-refractivity contribution in [2.24, 2.45) is 7.05 Å². The minimum Gasteiger partial charge on any atom is -0.463 e. The Hall–Kier alpha value is -3.36. The molecule has 0 saturated heterocycles. The van der Waals surface area contributed by atoms with Gasteiger partial charge >= 0.3 is 0 Å². The molecular formula is C27H29FN4O3. The Morgan fingerprint density at radius 3 is 2.83 bits per heavy atom. The maximum atomic E-state index is 14.2. The van der Waals surface area contributed by atoms with E-state index < -0.39 is 11.6 Å². The van der Waals surface area contributed by atoms with Gasteiger partial charge in [-0.2, -0.15) is 0 Å². The monoisotopic (exact) mass is 476 g/mol. The highest BCUT2D eigenvalue weighted by Gasteiger charge is 2.50. The van der Waals surface area contributed by atoms with Crippen LogP contribution in [0.4, 0.5) is 4.39 Å². The number of alkyl halides is 1. The minimum atomic E-state index is -0.889. The Bertz CT molecular complexity index is 1420. The molecule has 4 aromatic rings. The molecule has 1 aliphatic carbocycles. The van der Waals surface area contributed by atoms with Crippen LogP contribution in [0.1, 0.15) is 35.4 Å². The number of aryl methyl sites for hydroxylation is 2. The summed E-state index contributed by atoms with van der Waals surface area (Å²) >= 11 is 0. The second-order valence-corrected chi connectivity index (χ2v) is 9.37. The van der Waals surface area contributed by atoms with Crippen LogP contribution in [0.5, 0.6) is 0 Å². The van der Waals surface area contributed by atoms with E-state index in [0.29, 0.717) is 42.5 Å². The zero-order valence-electron chi connectivity index (χ0n) is 20.2. The lowest BCUT2D eigenvalue weighted by Crippen LogP contribution is -2.45. The summed E-state index contributed by atoms with van der Waals surface area (Å²) in [4.78, 5) is 13.6. The summed E-state index contributed by atoms with van der Waals surface area (Å²) in [6.07, 6.45) is 2.96. The number of halogens is 1. The average Bonchev–Trinajstić information content (AvgIpc) is 3.26. The number of hydrogen-bond acceptors (Lipinski definition) is 6. The molecule has 0 amide bonds. The molecule has 0 unspecified atom stereocenters. The zero-order valence-corrected chi connectivity index (χ0v) is 20.2. The van der Waals surface area contributed by atoms with Crippen LogP contribution in [-0.2, 0) is 23.7 Å². The Labute approximate surface area is 202 Å². The molecule has 0 bridgehead atoms. The molecule has 2 aromatic carbocycles. The van der Waals surface area contributed by atoms with Gasteiger partial charge in [0.1, 0.15) is 30.2 Å². The maximum absolute atomic E-state index is 14.2. The van der Waals surface area contributed by atoms with Gasteiger partial charge in [0.15, 0.2) is 0 Å². The molecule has 0 aliphatic heterocycles. The highest BCUT2D eigenvalue weighted by atomic mass is 19.1. The van der Waals surface area contributed by atoms with Crippen molar-refractivity contribution >= 4 is 11.0 Å². The third-order valence-electron chi connectivity index (χ3n) is 6.94. The second kappa shape index (κ2) is 9.36. The maximum Gasteiger partial charge on any atom is 0.200 e. The van der Waals surface area contributed by atoms with Gasteiger partial charge in [-0.25, -0.2) is 4.39 Å². The number of nitrogens with zero attached hydrogens (tertiary/aromatic N) is 3. The minimum absolute atomic E-state index is 0.0880. The molecule has 1 fully saturated rings. The first-order valence-corrected chi connectivity index (χ1v) is 11.8. The lowest BCUT2D eigenvalue weighted by atomic mass is 9.62. The molecule has 8 heteroatoms. The molecule has 1 saturated carbocycles. The van der Waals surface area contributed by atoms with Crippen LogP contribution >= 0.6 is 0 Å². The van der Waals surface area contributed by atoms with Gasteiger partial charge in [-0.15, -0.1) is 10.2 Å². The molecule has 0 spiro atoms. The van der Waals surface area contributed by atoms with E-state index in [2.05, 4.69) is 15.5 Å². The smallest absolute Gasteiger partial charge is 0.200 e. The highest BCUT2D eigenvalue weighted by molar-refractivity contribution is 5.84. The van der Waals surface area contributed by atoms with E-state index in [4.69, 9.17) is 9.15 Å². The number of benzene rings is 2. The second-order valence-electron chi connectivity index (χ2n) is 9.37. The first-order valence-electron chi connectivity index (χ1n) is 11.8. The summed E-state index contributed by atoms with van der Waals surface area (Å²) in [7, 11) is 3.54. The molecule has 2 aromatic heterocycles. The van der Waals surface area contributed by atoms with Crippen molar-refractivity contribution in [2.75, 3.05) is 20.3 Å². The van der Waals surface area contributed by atoms with Crippen LogP contribution < -0.4 is 10.7 Å². The highest BCUT2D eigenvalue weighted by Crippen LogP contribution is 2.50. The van der Waals surface area contributed by atoms with Crippen molar-refractivity contribution in [3.8, 4) is 11.1 Å². The molecular weight excluding hydrogens is 447 g/mol. The fraction of sp³-hybridized carbons (Fsp3) is 0.370. The van der Waals surface area contributed by atoms with Crippen molar-refractivity contribution in [3.05, 3.63) is 81.7 Å². The third-order valence-corrected chi connectivity index (χ3v) is 6.94. The summed E-state index contributed by atoms with van der Waals surface area (Å²) < 4.78 is 27.0. The van der Waals surface area contributed by atoms with E-state index in [9.17, 15) is 9.18 Å². The third kappa shape index (κ3) is 4.17. The van der Waals surface area contributed by atoms with Gasteiger partial charge in [0, 0.05) is 27.2 Å². The van der Waals surface area contributed by atoms with Crippen molar-refractivity contribution in [2.45, 2.75) is 37.9 Å². The number of aromatic nitrogens is 3. The van der Waals surface area contributed by atoms with Gasteiger partial charge in [0.05, 0.1) is 23.0 Å². The molecule has 1 N–H and O–H groups in total. The molecule has 2 heterocycles. The largest absolute Gasteiger partial charge is 0.463 e. The van der Waals surface area contributed by atoms with Crippen molar-refractivity contribution in [1.82, 2.24) is 20.1 Å².